The second-order valence-corrected chi connectivity index (χ2v) is 15.7. The summed E-state index contributed by atoms with van der Waals surface area (Å²) in [6.07, 6.45) is 3.03. The molecular formula is C34H28ClF5N10O2S. The summed E-state index contributed by atoms with van der Waals surface area (Å²) in [4.78, 5) is 30.1. The Kier molecular flexibility index (Phi) is 7.57. The molecule has 4 saturated heterocycles. The molecule has 0 saturated carbocycles. The monoisotopic (exact) mass is 770 g/mol. The van der Waals surface area contributed by atoms with Gasteiger partial charge in [-0.05, 0) is 37.1 Å². The average Bonchev–Trinajstić information content (AvgIpc) is 3.92. The molecule has 2 atom stereocenters. The first-order chi connectivity index (χ1) is 25.3. The molecule has 5 aromatic rings. The van der Waals surface area contributed by atoms with Crippen LogP contribution in [0.1, 0.15) is 24.8 Å². The molecule has 53 heavy (non-hydrogen) atoms. The van der Waals surface area contributed by atoms with E-state index in [0.717, 1.165) is 28.5 Å². The Hall–Kier alpha value is -4.86. The lowest BCUT2D eigenvalue weighted by atomic mass is 9.76. The van der Waals surface area contributed by atoms with Gasteiger partial charge in [-0.25, -0.2) is 31.7 Å². The third kappa shape index (κ3) is 5.03. The van der Waals surface area contributed by atoms with E-state index in [1.807, 2.05) is 11.0 Å². The number of hydrogen-bond donors (Lipinski definition) is 1. The fourth-order valence-corrected chi connectivity index (χ4v) is 9.81. The summed E-state index contributed by atoms with van der Waals surface area (Å²) >= 11 is 7.62. The molecule has 0 aliphatic carbocycles. The molecule has 9 rings (SSSR count). The number of benzene rings is 2. The molecule has 2 N–H and O–H groups in total. The number of nitrogens with two attached hydrogens (primary N) is 1. The number of nitrogen functional groups attached to an aromatic ring is 1. The second kappa shape index (κ2) is 11.8. The van der Waals surface area contributed by atoms with Crippen molar-refractivity contribution < 1.29 is 31.5 Å². The normalized spacial score (nSPS) is 23.2. The number of alkyl halides is 3. The first-order valence-corrected chi connectivity index (χ1v) is 17.9. The lowest BCUT2D eigenvalue weighted by molar-refractivity contribution is -0.142. The molecule has 7 heterocycles. The minimum atomic E-state index is -3.30. The van der Waals surface area contributed by atoms with E-state index in [4.69, 9.17) is 22.1 Å². The van der Waals surface area contributed by atoms with Crippen molar-refractivity contribution in [2.24, 2.45) is 5.41 Å². The van der Waals surface area contributed by atoms with Crippen LogP contribution in [-0.4, -0.2) is 104 Å². The minimum absolute atomic E-state index is 0.000334. The van der Waals surface area contributed by atoms with Crippen LogP contribution >= 0.6 is 22.9 Å². The number of nitriles is 1. The number of aromatic nitrogens is 5. The van der Waals surface area contributed by atoms with Gasteiger partial charge >= 0.3 is 12.0 Å². The maximum atomic E-state index is 17.1. The first kappa shape index (κ1) is 33.9. The molecule has 4 aliphatic rings. The number of anilines is 2. The Bertz CT molecular complexity index is 2380. The van der Waals surface area contributed by atoms with Crippen LogP contribution in [0.4, 0.5) is 37.6 Å². The third-order valence-corrected chi connectivity index (χ3v) is 12.4. The fraction of sp³-hybridized carbons (Fsp3) is 0.412. The standard InChI is InChI=1S/C34H28ClF5N10O2S/c35-21-6-19-26(25(38)24(21)18-2-3-22(37)27-23(18)20(8-41)28(42)53-27)45-30(52-14-33-4-1-5-49(33)9-17(36)7-33)46-29(19)47-10-32(34(39,40)13-47)11-48(12-32)31(51)50-16-43-15-44-50/h2-3,6,15-17H,1,4-5,7,9-14,42H2/t17-,33+/m1/s1. The predicted molar refractivity (Wildman–Crippen MR) is 185 cm³/mol. The maximum Gasteiger partial charge on any atom is 0.346 e. The van der Waals surface area contributed by atoms with Crippen LogP contribution in [0.5, 0.6) is 6.01 Å². The average molecular weight is 771 g/mol. The van der Waals surface area contributed by atoms with Gasteiger partial charge in [-0.2, -0.15) is 25.0 Å². The van der Waals surface area contributed by atoms with Crippen LogP contribution in [0.25, 0.3) is 32.1 Å². The topological polar surface area (TPSA) is 142 Å². The van der Waals surface area contributed by atoms with E-state index in [1.54, 1.807) is 0 Å². The van der Waals surface area contributed by atoms with Crippen molar-refractivity contribution in [3.05, 3.63) is 53.1 Å². The first-order valence-electron chi connectivity index (χ1n) is 16.7. The van der Waals surface area contributed by atoms with Gasteiger partial charge in [0.25, 0.3) is 5.92 Å². The van der Waals surface area contributed by atoms with E-state index in [2.05, 4.69) is 20.1 Å². The van der Waals surface area contributed by atoms with Crippen molar-refractivity contribution in [3.8, 4) is 23.2 Å². The summed E-state index contributed by atoms with van der Waals surface area (Å²) in [6.45, 7) is -0.704. The molecule has 2 aromatic carbocycles. The number of carbonyl (C=O) groups is 1. The van der Waals surface area contributed by atoms with Gasteiger partial charge in [0.1, 0.15) is 53.7 Å². The van der Waals surface area contributed by atoms with Crippen LogP contribution in [-0.2, 0) is 0 Å². The molecule has 0 radical (unpaired) electrons. The van der Waals surface area contributed by atoms with Crippen LogP contribution in [0, 0.1) is 28.4 Å². The highest BCUT2D eigenvalue weighted by Gasteiger charge is 2.67. The van der Waals surface area contributed by atoms with Crippen molar-refractivity contribution in [1.29, 1.82) is 5.26 Å². The summed E-state index contributed by atoms with van der Waals surface area (Å²) in [6, 6.07) is 4.79. The van der Waals surface area contributed by atoms with E-state index in [-0.39, 0.29) is 98.7 Å². The third-order valence-electron chi connectivity index (χ3n) is 11.1. The smallest absolute Gasteiger partial charge is 0.346 e. The molecule has 4 fully saturated rings. The van der Waals surface area contributed by atoms with Gasteiger partial charge in [0, 0.05) is 48.9 Å². The predicted octanol–water partition coefficient (Wildman–Crippen LogP) is 5.87. The zero-order chi connectivity index (χ0) is 37.0. The van der Waals surface area contributed by atoms with Crippen molar-refractivity contribution in [2.75, 3.05) is 56.5 Å². The number of halogens is 6. The molecule has 0 unspecified atom stereocenters. The quantitative estimate of drug-likeness (QED) is 0.216. The van der Waals surface area contributed by atoms with Crippen LogP contribution in [0.2, 0.25) is 5.02 Å². The Morgan fingerprint density at radius 1 is 1.19 bits per heavy atom. The molecule has 274 valence electrons. The van der Waals surface area contributed by atoms with Crippen molar-refractivity contribution in [1.82, 2.24) is 34.5 Å². The van der Waals surface area contributed by atoms with E-state index in [0.29, 0.717) is 13.0 Å². The van der Waals surface area contributed by atoms with Gasteiger partial charge in [-0.3, -0.25) is 4.90 Å². The summed E-state index contributed by atoms with van der Waals surface area (Å²) in [5.41, 5.74) is 3.26. The van der Waals surface area contributed by atoms with Gasteiger partial charge in [0.2, 0.25) is 0 Å². The van der Waals surface area contributed by atoms with E-state index >= 15 is 13.2 Å². The molecular weight excluding hydrogens is 743 g/mol. The highest BCUT2D eigenvalue weighted by molar-refractivity contribution is 7.23. The highest BCUT2D eigenvalue weighted by Crippen LogP contribution is 2.52. The van der Waals surface area contributed by atoms with Gasteiger partial charge in [0.05, 0.1) is 32.8 Å². The summed E-state index contributed by atoms with van der Waals surface area (Å²) in [5.74, 6) is -5.03. The minimum Gasteiger partial charge on any atom is -0.461 e. The van der Waals surface area contributed by atoms with Crippen molar-refractivity contribution in [3.63, 3.8) is 0 Å². The number of fused-ring (bicyclic) bond motifs is 3. The SMILES string of the molecule is N#Cc1c(N)sc2c(F)ccc(-c3c(Cl)cc4c(N5CC(F)(F)C6(CN(C(=O)n7cncn7)C6)C5)nc(OC[C@@]56CCCN5C[C@H](F)C6)nc4c3F)c12. The van der Waals surface area contributed by atoms with Gasteiger partial charge in [0.15, 0.2) is 5.82 Å². The molecule has 4 aliphatic heterocycles. The van der Waals surface area contributed by atoms with Crippen LogP contribution in [0.3, 0.4) is 0 Å². The van der Waals surface area contributed by atoms with E-state index < -0.39 is 47.3 Å². The van der Waals surface area contributed by atoms with Gasteiger partial charge in [-0.15, -0.1) is 11.3 Å². The summed E-state index contributed by atoms with van der Waals surface area (Å²) in [5, 5.41) is 13.6. The largest absolute Gasteiger partial charge is 0.461 e. The van der Waals surface area contributed by atoms with Crippen LogP contribution < -0.4 is 15.4 Å². The summed E-state index contributed by atoms with van der Waals surface area (Å²) in [7, 11) is 0. The van der Waals surface area contributed by atoms with Crippen LogP contribution in [0.15, 0.2) is 30.9 Å². The molecule has 1 spiro atoms. The number of rotatable bonds is 5. The molecule has 3 aromatic heterocycles. The Morgan fingerprint density at radius 2 is 2.00 bits per heavy atom. The van der Waals surface area contributed by atoms with Crippen molar-refractivity contribution >= 4 is 60.8 Å². The molecule has 1 amide bonds. The number of carbonyl (C=O) groups excluding carboxylic acids is 1. The maximum absolute atomic E-state index is 17.1. The zero-order valence-electron chi connectivity index (χ0n) is 27.6. The van der Waals surface area contributed by atoms with Crippen molar-refractivity contribution in [2.45, 2.75) is 36.9 Å². The fourth-order valence-electron chi connectivity index (χ4n) is 8.57. The lowest BCUT2D eigenvalue weighted by Crippen LogP contribution is -2.66. The number of likely N-dealkylation sites (tertiary alicyclic amines) is 1. The number of ether oxygens (including phenoxy) is 1. The zero-order valence-corrected chi connectivity index (χ0v) is 29.2. The molecule has 0 bridgehead atoms. The lowest BCUT2D eigenvalue weighted by Gasteiger charge is -2.49. The molecule has 12 nitrogen and oxygen atoms in total. The second-order valence-electron chi connectivity index (χ2n) is 14.2. The van der Waals surface area contributed by atoms with E-state index in [1.165, 1.54) is 34.6 Å². The Labute approximate surface area is 306 Å². The van der Waals surface area contributed by atoms with E-state index in [9.17, 15) is 18.8 Å². The molecule has 19 heteroatoms. The number of amides is 1. The summed E-state index contributed by atoms with van der Waals surface area (Å²) < 4.78 is 85.7. The van der Waals surface area contributed by atoms with Gasteiger partial charge < -0.3 is 20.3 Å². The number of hydrogen-bond acceptors (Lipinski definition) is 11. The van der Waals surface area contributed by atoms with Gasteiger partial charge in [-0.1, -0.05) is 17.7 Å². The number of nitrogens with zero attached hydrogens (tertiary/aromatic N) is 9. The Morgan fingerprint density at radius 3 is 2.75 bits per heavy atom. The highest BCUT2D eigenvalue weighted by atomic mass is 35.5. The number of thiophene rings is 1. The Balaban J connectivity index is 1.15.